The van der Waals surface area contributed by atoms with Crippen LogP contribution in [0.1, 0.15) is 12.8 Å². The molecule has 3 rings (SSSR count). The zero-order valence-corrected chi connectivity index (χ0v) is 8.18. The van der Waals surface area contributed by atoms with Gasteiger partial charge in [0.05, 0.1) is 6.26 Å². The summed E-state index contributed by atoms with van der Waals surface area (Å²) in [5, 5.41) is 3.33. The van der Waals surface area contributed by atoms with Crippen molar-refractivity contribution >= 4 is 5.82 Å². The normalized spacial score (nSPS) is 15.2. The smallest absolute Gasteiger partial charge is 0.152 e. The van der Waals surface area contributed by atoms with Gasteiger partial charge < -0.3 is 9.73 Å². The Hall–Kier alpha value is -1.84. The standard InChI is InChI=1S/C11H11N3O/c1-2-10(15-5-1)9-6-11(13-7-12-9)14-8-3-4-8/h1-2,5-8H,3-4H2,(H,12,13,14). The Kier molecular flexibility index (Phi) is 1.91. The van der Waals surface area contributed by atoms with Crippen molar-refractivity contribution in [3.63, 3.8) is 0 Å². The van der Waals surface area contributed by atoms with Crippen molar-refractivity contribution in [2.75, 3.05) is 5.32 Å². The average Bonchev–Trinajstić information content (AvgIpc) is 2.91. The summed E-state index contributed by atoms with van der Waals surface area (Å²) in [5.74, 6) is 1.65. The Labute approximate surface area is 87.4 Å². The van der Waals surface area contributed by atoms with Crippen molar-refractivity contribution in [1.29, 1.82) is 0 Å². The molecular formula is C11H11N3O. The third-order valence-electron chi connectivity index (χ3n) is 2.37. The highest BCUT2D eigenvalue weighted by atomic mass is 16.3. The zero-order valence-electron chi connectivity index (χ0n) is 8.18. The summed E-state index contributed by atoms with van der Waals surface area (Å²) in [4.78, 5) is 8.33. The summed E-state index contributed by atoms with van der Waals surface area (Å²) in [6.45, 7) is 0. The highest BCUT2D eigenvalue weighted by molar-refractivity contribution is 5.56. The highest BCUT2D eigenvalue weighted by Crippen LogP contribution is 2.25. The molecule has 0 amide bonds. The van der Waals surface area contributed by atoms with Crippen molar-refractivity contribution in [1.82, 2.24) is 9.97 Å². The first-order valence-electron chi connectivity index (χ1n) is 5.04. The van der Waals surface area contributed by atoms with Gasteiger partial charge in [-0.1, -0.05) is 0 Å². The van der Waals surface area contributed by atoms with Gasteiger partial charge in [0.25, 0.3) is 0 Å². The van der Waals surface area contributed by atoms with Crippen LogP contribution in [0.2, 0.25) is 0 Å². The van der Waals surface area contributed by atoms with Crippen molar-refractivity contribution in [3.8, 4) is 11.5 Å². The molecular weight excluding hydrogens is 190 g/mol. The maximum Gasteiger partial charge on any atom is 0.152 e. The van der Waals surface area contributed by atoms with Gasteiger partial charge in [-0.3, -0.25) is 0 Å². The van der Waals surface area contributed by atoms with Gasteiger partial charge in [-0.05, 0) is 25.0 Å². The third kappa shape index (κ3) is 1.83. The molecule has 0 radical (unpaired) electrons. The minimum Gasteiger partial charge on any atom is -0.463 e. The van der Waals surface area contributed by atoms with E-state index in [1.54, 1.807) is 12.6 Å². The minimum absolute atomic E-state index is 0.601. The van der Waals surface area contributed by atoms with E-state index >= 15 is 0 Å². The number of nitrogens with zero attached hydrogens (tertiary/aromatic N) is 2. The summed E-state index contributed by atoms with van der Waals surface area (Å²) in [5.41, 5.74) is 0.818. The van der Waals surface area contributed by atoms with E-state index in [9.17, 15) is 0 Å². The molecule has 1 N–H and O–H groups in total. The van der Waals surface area contributed by atoms with Crippen molar-refractivity contribution < 1.29 is 4.42 Å². The quantitative estimate of drug-likeness (QED) is 0.827. The predicted molar refractivity (Wildman–Crippen MR) is 56.4 cm³/mol. The van der Waals surface area contributed by atoms with Gasteiger partial charge in [-0.25, -0.2) is 9.97 Å². The van der Waals surface area contributed by atoms with E-state index in [0.717, 1.165) is 17.3 Å². The maximum absolute atomic E-state index is 5.28. The molecule has 2 aromatic rings. The molecule has 1 aliphatic carbocycles. The first-order valence-corrected chi connectivity index (χ1v) is 5.04. The molecule has 76 valence electrons. The van der Waals surface area contributed by atoms with Crippen LogP contribution in [0.25, 0.3) is 11.5 Å². The molecule has 0 bridgehead atoms. The van der Waals surface area contributed by atoms with E-state index in [2.05, 4.69) is 15.3 Å². The van der Waals surface area contributed by atoms with Crippen LogP contribution in [0, 0.1) is 0 Å². The number of aromatic nitrogens is 2. The van der Waals surface area contributed by atoms with Crippen LogP contribution in [0.15, 0.2) is 35.2 Å². The van der Waals surface area contributed by atoms with Gasteiger partial charge >= 0.3 is 0 Å². The molecule has 2 aromatic heterocycles. The van der Waals surface area contributed by atoms with E-state index in [4.69, 9.17) is 4.42 Å². The Morgan fingerprint density at radius 3 is 3.00 bits per heavy atom. The second-order valence-electron chi connectivity index (χ2n) is 3.68. The van der Waals surface area contributed by atoms with Crippen LogP contribution < -0.4 is 5.32 Å². The van der Waals surface area contributed by atoms with E-state index in [1.165, 1.54) is 12.8 Å². The van der Waals surface area contributed by atoms with Gasteiger partial charge in [0.2, 0.25) is 0 Å². The maximum atomic E-state index is 5.28. The van der Waals surface area contributed by atoms with E-state index in [0.29, 0.717) is 6.04 Å². The van der Waals surface area contributed by atoms with Crippen LogP contribution in [0.3, 0.4) is 0 Å². The topological polar surface area (TPSA) is 51.0 Å². The first-order chi connectivity index (χ1) is 7.42. The van der Waals surface area contributed by atoms with Crippen LogP contribution >= 0.6 is 0 Å². The summed E-state index contributed by atoms with van der Waals surface area (Å²) in [7, 11) is 0. The molecule has 4 nitrogen and oxygen atoms in total. The molecule has 0 saturated heterocycles. The number of hydrogen-bond donors (Lipinski definition) is 1. The van der Waals surface area contributed by atoms with Gasteiger partial charge in [0.1, 0.15) is 17.8 Å². The molecule has 0 aromatic carbocycles. The molecule has 1 saturated carbocycles. The lowest BCUT2D eigenvalue weighted by atomic mass is 10.3. The van der Waals surface area contributed by atoms with Crippen molar-refractivity contribution in [3.05, 3.63) is 30.8 Å². The van der Waals surface area contributed by atoms with Crippen LogP contribution in [0.5, 0.6) is 0 Å². The van der Waals surface area contributed by atoms with E-state index < -0.39 is 0 Å². The Bertz CT molecular complexity index is 449. The van der Waals surface area contributed by atoms with Crippen LogP contribution in [-0.2, 0) is 0 Å². The highest BCUT2D eigenvalue weighted by Gasteiger charge is 2.21. The number of anilines is 1. The summed E-state index contributed by atoms with van der Waals surface area (Å²) in [6, 6.07) is 6.26. The number of rotatable bonds is 3. The van der Waals surface area contributed by atoms with Crippen molar-refractivity contribution in [2.24, 2.45) is 0 Å². The van der Waals surface area contributed by atoms with Crippen molar-refractivity contribution in [2.45, 2.75) is 18.9 Å². The van der Waals surface area contributed by atoms with Gasteiger partial charge in [-0.15, -0.1) is 0 Å². The fraction of sp³-hybridized carbons (Fsp3) is 0.273. The number of furan rings is 1. The minimum atomic E-state index is 0.601. The summed E-state index contributed by atoms with van der Waals surface area (Å²) >= 11 is 0. The summed E-state index contributed by atoms with van der Waals surface area (Å²) in [6.07, 6.45) is 5.67. The first kappa shape index (κ1) is 8.47. The van der Waals surface area contributed by atoms with Crippen LogP contribution in [0.4, 0.5) is 5.82 Å². The van der Waals surface area contributed by atoms with Gasteiger partial charge in [-0.2, -0.15) is 0 Å². The second kappa shape index (κ2) is 3.38. The van der Waals surface area contributed by atoms with E-state index in [1.807, 2.05) is 18.2 Å². The SMILES string of the molecule is c1coc(-c2cc(NC3CC3)ncn2)c1. The second-order valence-corrected chi connectivity index (χ2v) is 3.68. The van der Waals surface area contributed by atoms with Gasteiger partial charge in [0, 0.05) is 12.1 Å². The molecule has 4 heteroatoms. The Balaban J connectivity index is 1.88. The van der Waals surface area contributed by atoms with Crippen LogP contribution in [-0.4, -0.2) is 16.0 Å². The molecule has 2 heterocycles. The lowest BCUT2D eigenvalue weighted by molar-refractivity contribution is 0.580. The molecule has 0 atom stereocenters. The van der Waals surface area contributed by atoms with Gasteiger partial charge in [0.15, 0.2) is 5.76 Å². The third-order valence-corrected chi connectivity index (χ3v) is 2.37. The fourth-order valence-corrected chi connectivity index (χ4v) is 1.43. The number of nitrogens with one attached hydrogen (secondary N) is 1. The zero-order chi connectivity index (χ0) is 10.1. The number of hydrogen-bond acceptors (Lipinski definition) is 4. The predicted octanol–water partition coefficient (Wildman–Crippen LogP) is 2.31. The molecule has 1 aliphatic rings. The molecule has 0 spiro atoms. The Morgan fingerprint density at radius 1 is 1.33 bits per heavy atom. The molecule has 15 heavy (non-hydrogen) atoms. The lowest BCUT2D eigenvalue weighted by Crippen LogP contribution is -2.03. The fourth-order valence-electron chi connectivity index (χ4n) is 1.43. The summed E-state index contributed by atoms with van der Waals surface area (Å²) < 4.78 is 5.28. The molecule has 1 fully saturated rings. The Morgan fingerprint density at radius 2 is 2.27 bits per heavy atom. The van der Waals surface area contributed by atoms with E-state index in [-0.39, 0.29) is 0 Å². The molecule has 0 unspecified atom stereocenters. The lowest BCUT2D eigenvalue weighted by Gasteiger charge is -2.03. The molecule has 0 aliphatic heterocycles. The average molecular weight is 201 g/mol. The monoisotopic (exact) mass is 201 g/mol. The largest absolute Gasteiger partial charge is 0.463 e.